The zero-order valence-electron chi connectivity index (χ0n) is 12.6. The molecular weight excluding hydrogens is 258 g/mol. The quantitative estimate of drug-likeness (QED) is 0.771. The van der Waals surface area contributed by atoms with Crippen LogP contribution in [0.4, 0.5) is 17.1 Å². The molecule has 2 aromatic carbocycles. The number of fused-ring (bicyclic) bond motifs is 1. The summed E-state index contributed by atoms with van der Waals surface area (Å²) in [6.07, 6.45) is 1.84. The summed E-state index contributed by atoms with van der Waals surface area (Å²) in [5.41, 5.74) is 5.58. The number of aryl methyl sites for hydroxylation is 1. The zero-order valence-corrected chi connectivity index (χ0v) is 12.6. The Morgan fingerprint density at radius 3 is 2.62 bits per heavy atom. The van der Waals surface area contributed by atoms with Crippen LogP contribution in [-0.2, 0) is 0 Å². The van der Waals surface area contributed by atoms with Crippen LogP contribution in [0.3, 0.4) is 0 Å². The molecule has 0 spiro atoms. The largest absolute Gasteiger partial charge is 0.378 e. The van der Waals surface area contributed by atoms with Crippen LogP contribution in [0, 0.1) is 6.92 Å². The second kappa shape index (κ2) is 5.44. The number of nitrogens with one attached hydrogen (secondary N) is 1. The summed E-state index contributed by atoms with van der Waals surface area (Å²) in [6.45, 7) is 2.10. The Kier molecular flexibility index (Phi) is 3.48. The van der Waals surface area contributed by atoms with Crippen LogP contribution >= 0.6 is 0 Å². The molecule has 3 aromatic rings. The minimum Gasteiger partial charge on any atom is -0.378 e. The van der Waals surface area contributed by atoms with Gasteiger partial charge < -0.3 is 10.2 Å². The van der Waals surface area contributed by atoms with Gasteiger partial charge in [0, 0.05) is 42.7 Å². The van der Waals surface area contributed by atoms with Crippen LogP contribution in [0.2, 0.25) is 0 Å². The third-order valence-corrected chi connectivity index (χ3v) is 3.54. The zero-order chi connectivity index (χ0) is 14.8. The van der Waals surface area contributed by atoms with Crippen LogP contribution in [0.1, 0.15) is 5.56 Å². The minimum atomic E-state index is 0.998. The van der Waals surface area contributed by atoms with E-state index in [1.807, 2.05) is 26.4 Å². The summed E-state index contributed by atoms with van der Waals surface area (Å²) in [4.78, 5) is 6.54. The van der Waals surface area contributed by atoms with Crippen molar-refractivity contribution in [2.75, 3.05) is 24.3 Å². The van der Waals surface area contributed by atoms with E-state index in [-0.39, 0.29) is 0 Å². The van der Waals surface area contributed by atoms with E-state index >= 15 is 0 Å². The molecule has 0 fully saturated rings. The van der Waals surface area contributed by atoms with E-state index < -0.39 is 0 Å². The predicted octanol–water partition coefficient (Wildman–Crippen LogP) is 4.35. The second-order valence-corrected chi connectivity index (χ2v) is 5.45. The van der Waals surface area contributed by atoms with Crippen molar-refractivity contribution in [3.8, 4) is 0 Å². The first-order valence-corrected chi connectivity index (χ1v) is 7.03. The van der Waals surface area contributed by atoms with Gasteiger partial charge in [0.05, 0.1) is 5.52 Å². The fraction of sp³-hybridized carbons (Fsp3) is 0.167. The van der Waals surface area contributed by atoms with E-state index in [9.17, 15) is 0 Å². The number of hydrogen-bond donors (Lipinski definition) is 1. The Balaban J connectivity index is 2.07. The van der Waals surface area contributed by atoms with Crippen molar-refractivity contribution < 1.29 is 0 Å². The fourth-order valence-corrected chi connectivity index (χ4v) is 2.40. The molecule has 0 amide bonds. The smallest absolute Gasteiger partial charge is 0.0724 e. The molecule has 1 aromatic heterocycles. The van der Waals surface area contributed by atoms with Gasteiger partial charge in [0.1, 0.15) is 0 Å². The highest BCUT2D eigenvalue weighted by Gasteiger charge is 2.05. The summed E-state index contributed by atoms with van der Waals surface area (Å²) in [5.74, 6) is 0. The van der Waals surface area contributed by atoms with Gasteiger partial charge in [0.15, 0.2) is 0 Å². The lowest BCUT2D eigenvalue weighted by atomic mass is 10.1. The third-order valence-electron chi connectivity index (χ3n) is 3.54. The van der Waals surface area contributed by atoms with E-state index in [1.54, 1.807) is 0 Å². The fourth-order valence-electron chi connectivity index (χ4n) is 2.40. The van der Waals surface area contributed by atoms with Crippen molar-refractivity contribution in [3.63, 3.8) is 0 Å². The Hall–Kier alpha value is -2.55. The van der Waals surface area contributed by atoms with Crippen molar-refractivity contribution in [3.05, 3.63) is 60.3 Å². The summed E-state index contributed by atoms with van der Waals surface area (Å²) < 4.78 is 0. The molecule has 0 unspecified atom stereocenters. The Bertz CT molecular complexity index is 778. The van der Waals surface area contributed by atoms with E-state index in [0.29, 0.717) is 0 Å². The highest BCUT2D eigenvalue weighted by Crippen LogP contribution is 2.28. The first-order chi connectivity index (χ1) is 10.1. The lowest BCUT2D eigenvalue weighted by Gasteiger charge is -2.15. The van der Waals surface area contributed by atoms with Crippen LogP contribution in [0.5, 0.6) is 0 Å². The molecule has 0 saturated carbocycles. The summed E-state index contributed by atoms with van der Waals surface area (Å²) in [7, 11) is 4.09. The highest BCUT2D eigenvalue weighted by atomic mass is 15.1. The molecule has 0 aliphatic heterocycles. The SMILES string of the molecule is Cc1cccc(Nc2ccnc3ccc(N(C)C)cc23)c1. The number of rotatable bonds is 3. The molecule has 0 aliphatic carbocycles. The topological polar surface area (TPSA) is 28.2 Å². The maximum absolute atomic E-state index is 4.44. The predicted molar refractivity (Wildman–Crippen MR) is 90.5 cm³/mol. The Morgan fingerprint density at radius 1 is 1.00 bits per heavy atom. The number of hydrogen-bond acceptors (Lipinski definition) is 3. The van der Waals surface area contributed by atoms with Gasteiger partial charge in [-0.2, -0.15) is 0 Å². The lowest BCUT2D eigenvalue weighted by molar-refractivity contribution is 1.13. The monoisotopic (exact) mass is 277 g/mol. The molecule has 21 heavy (non-hydrogen) atoms. The van der Waals surface area contributed by atoms with E-state index in [4.69, 9.17) is 0 Å². The number of anilines is 3. The van der Waals surface area contributed by atoms with Gasteiger partial charge in [-0.05, 0) is 48.9 Å². The van der Waals surface area contributed by atoms with Crippen molar-refractivity contribution in [2.24, 2.45) is 0 Å². The van der Waals surface area contributed by atoms with Gasteiger partial charge in [-0.25, -0.2) is 0 Å². The summed E-state index contributed by atoms with van der Waals surface area (Å²) in [5, 5.41) is 4.63. The van der Waals surface area contributed by atoms with Gasteiger partial charge in [-0.15, -0.1) is 0 Å². The van der Waals surface area contributed by atoms with Crippen molar-refractivity contribution in [1.29, 1.82) is 0 Å². The Labute approximate surface area is 125 Å². The molecule has 0 aliphatic rings. The van der Waals surface area contributed by atoms with Gasteiger partial charge in [-0.3, -0.25) is 4.98 Å². The number of aromatic nitrogens is 1. The first-order valence-electron chi connectivity index (χ1n) is 7.03. The first kappa shape index (κ1) is 13.4. The van der Waals surface area contributed by atoms with Crippen molar-refractivity contribution in [2.45, 2.75) is 6.92 Å². The molecule has 3 heteroatoms. The number of benzene rings is 2. The molecule has 0 saturated heterocycles. The lowest BCUT2D eigenvalue weighted by Crippen LogP contribution is -2.08. The third kappa shape index (κ3) is 2.82. The van der Waals surface area contributed by atoms with Gasteiger partial charge in [0.25, 0.3) is 0 Å². The van der Waals surface area contributed by atoms with E-state index in [0.717, 1.165) is 22.3 Å². The average Bonchev–Trinajstić information content (AvgIpc) is 2.47. The molecule has 0 bridgehead atoms. The number of nitrogens with zero attached hydrogens (tertiary/aromatic N) is 2. The standard InChI is InChI=1S/C18H19N3/c1-13-5-4-6-14(11-13)20-18-9-10-19-17-8-7-15(21(2)3)12-16(17)18/h4-12H,1-3H3,(H,19,20). The van der Waals surface area contributed by atoms with Crippen LogP contribution in [0.25, 0.3) is 10.9 Å². The Morgan fingerprint density at radius 2 is 1.86 bits per heavy atom. The minimum absolute atomic E-state index is 0.998. The van der Waals surface area contributed by atoms with Crippen LogP contribution < -0.4 is 10.2 Å². The summed E-state index contributed by atoms with van der Waals surface area (Å²) >= 11 is 0. The van der Waals surface area contributed by atoms with Gasteiger partial charge in [-0.1, -0.05) is 12.1 Å². The molecule has 106 valence electrons. The average molecular weight is 277 g/mol. The molecule has 1 N–H and O–H groups in total. The molecular formula is C18H19N3. The molecule has 3 rings (SSSR count). The van der Waals surface area contributed by atoms with Crippen LogP contribution in [0.15, 0.2) is 54.7 Å². The maximum Gasteiger partial charge on any atom is 0.0724 e. The van der Waals surface area contributed by atoms with E-state index in [2.05, 4.69) is 64.6 Å². The van der Waals surface area contributed by atoms with Crippen LogP contribution in [-0.4, -0.2) is 19.1 Å². The molecule has 0 radical (unpaired) electrons. The van der Waals surface area contributed by atoms with Crippen molar-refractivity contribution >= 4 is 28.0 Å². The van der Waals surface area contributed by atoms with Gasteiger partial charge >= 0.3 is 0 Å². The van der Waals surface area contributed by atoms with Crippen molar-refractivity contribution in [1.82, 2.24) is 4.98 Å². The second-order valence-electron chi connectivity index (χ2n) is 5.45. The molecule has 1 heterocycles. The highest BCUT2D eigenvalue weighted by molar-refractivity contribution is 5.95. The number of pyridine rings is 1. The van der Waals surface area contributed by atoms with E-state index in [1.165, 1.54) is 11.3 Å². The van der Waals surface area contributed by atoms with Gasteiger partial charge in [0.2, 0.25) is 0 Å². The summed E-state index contributed by atoms with van der Waals surface area (Å²) in [6, 6.07) is 16.7. The molecule has 3 nitrogen and oxygen atoms in total. The normalized spacial score (nSPS) is 10.6. The molecule has 0 atom stereocenters. The maximum atomic E-state index is 4.44.